The van der Waals surface area contributed by atoms with Gasteiger partial charge in [0.25, 0.3) is 0 Å². The molecule has 0 fully saturated rings. The lowest BCUT2D eigenvalue weighted by Gasteiger charge is -2.08. The Kier molecular flexibility index (Phi) is 4.85. The zero-order chi connectivity index (χ0) is 9.56. The number of hydrogen-bond donors (Lipinski definition) is 1. The Morgan fingerprint density at radius 2 is 2.55 bits per heavy atom. The third kappa shape index (κ3) is 5.91. The number of nitrogens with one attached hydrogen (secondary N) is 1. The van der Waals surface area contributed by atoms with Crippen molar-refractivity contribution < 1.29 is 11.0 Å². The zero-order valence-electron chi connectivity index (χ0n) is 7.74. The standard InChI is InChI=1S/C7H13NO2S/c1-6(10)8-7(5-9)3-4-11-2/h5,7H,3-4H2,1-2H3,(H,8,10)/i/hD. The molecular formula is C7H13NO2S. The van der Waals surface area contributed by atoms with Gasteiger partial charge >= 0.3 is 0 Å². The minimum atomic E-state index is -0.588. The zero-order valence-corrected chi connectivity index (χ0v) is 7.56. The monoisotopic (exact) mass is 176 g/mol. The van der Waals surface area contributed by atoms with Crippen molar-refractivity contribution in [3.63, 3.8) is 0 Å². The van der Waals surface area contributed by atoms with E-state index in [-0.39, 0.29) is 0 Å². The Hall–Kier alpha value is -0.510. The topological polar surface area (TPSA) is 46.2 Å². The molecule has 0 heterocycles. The van der Waals surface area contributed by atoms with E-state index in [1.165, 1.54) is 6.92 Å². The smallest absolute Gasteiger partial charge is 0.217 e. The highest BCUT2D eigenvalue weighted by Crippen LogP contribution is 1.98. The summed E-state index contributed by atoms with van der Waals surface area (Å²) in [5.41, 5.74) is 0. The van der Waals surface area contributed by atoms with E-state index in [9.17, 15) is 9.59 Å². The van der Waals surface area contributed by atoms with E-state index in [0.29, 0.717) is 12.7 Å². The molecule has 0 aromatic rings. The highest BCUT2D eigenvalue weighted by molar-refractivity contribution is 7.98. The van der Waals surface area contributed by atoms with Gasteiger partial charge in [0, 0.05) is 6.92 Å². The van der Waals surface area contributed by atoms with Crippen LogP contribution in [-0.2, 0) is 9.59 Å². The van der Waals surface area contributed by atoms with Crippen LogP contribution in [0.3, 0.4) is 0 Å². The summed E-state index contributed by atoms with van der Waals surface area (Å²) < 4.78 is 7.21. The minimum Gasteiger partial charge on any atom is -0.347 e. The average molecular weight is 176 g/mol. The Labute approximate surface area is 72.4 Å². The lowest BCUT2D eigenvalue weighted by Crippen LogP contribution is -2.34. The first-order valence-electron chi connectivity index (χ1n) is 3.81. The summed E-state index contributed by atoms with van der Waals surface area (Å²) in [5, 5.41) is 0.725. The van der Waals surface area contributed by atoms with Gasteiger partial charge in [0.05, 0.1) is 6.04 Å². The van der Waals surface area contributed by atoms with Crippen LogP contribution >= 0.6 is 11.8 Å². The number of carbonyl (C=O) groups is 2. The largest absolute Gasteiger partial charge is 0.347 e. The van der Waals surface area contributed by atoms with Gasteiger partial charge in [-0.2, -0.15) is 11.8 Å². The SMILES string of the molecule is [2H]N(C(C)=O)C(C=O)CCSC. The fourth-order valence-electron chi connectivity index (χ4n) is 0.635. The molecule has 0 aliphatic rings. The number of carbonyl (C=O) groups excluding carboxylic acids is 2. The van der Waals surface area contributed by atoms with Crippen LogP contribution in [0.4, 0.5) is 0 Å². The maximum Gasteiger partial charge on any atom is 0.217 e. The normalized spacial score (nSPS) is 13.5. The van der Waals surface area contributed by atoms with Crippen LogP contribution in [0.25, 0.3) is 0 Å². The molecular weight excluding hydrogens is 162 g/mol. The van der Waals surface area contributed by atoms with Crippen molar-refractivity contribution in [2.75, 3.05) is 12.0 Å². The Balaban J connectivity index is 3.95. The summed E-state index contributed by atoms with van der Waals surface area (Å²) in [6, 6.07) is -0.588. The third-order valence-electron chi connectivity index (χ3n) is 1.12. The van der Waals surface area contributed by atoms with Gasteiger partial charge in [0.1, 0.15) is 6.29 Å². The predicted molar refractivity (Wildman–Crippen MR) is 46.7 cm³/mol. The van der Waals surface area contributed by atoms with Crippen molar-refractivity contribution in [3.05, 3.63) is 0 Å². The highest BCUT2D eigenvalue weighted by Gasteiger charge is 2.06. The Morgan fingerprint density at radius 1 is 1.91 bits per heavy atom. The van der Waals surface area contributed by atoms with Crippen LogP contribution in [0.2, 0.25) is 1.41 Å². The van der Waals surface area contributed by atoms with Gasteiger partial charge in [-0.1, -0.05) is 0 Å². The molecule has 0 aromatic carbocycles. The first kappa shape index (κ1) is 8.59. The van der Waals surface area contributed by atoms with Crippen molar-refractivity contribution >= 4 is 24.0 Å². The summed E-state index contributed by atoms with van der Waals surface area (Å²) in [6.07, 6.45) is 3.11. The molecule has 0 aliphatic carbocycles. The first-order chi connectivity index (χ1) is 5.63. The molecule has 1 atom stereocenters. The second-order valence-corrected chi connectivity index (χ2v) is 3.12. The van der Waals surface area contributed by atoms with Gasteiger partial charge in [0.15, 0.2) is 1.41 Å². The minimum absolute atomic E-state index is 0.395. The second-order valence-electron chi connectivity index (χ2n) is 2.13. The van der Waals surface area contributed by atoms with Crippen LogP contribution in [0, 0.1) is 0 Å². The van der Waals surface area contributed by atoms with Crippen LogP contribution in [0.15, 0.2) is 0 Å². The third-order valence-corrected chi connectivity index (χ3v) is 1.77. The van der Waals surface area contributed by atoms with E-state index in [4.69, 9.17) is 1.41 Å². The van der Waals surface area contributed by atoms with E-state index in [0.717, 1.165) is 11.1 Å². The van der Waals surface area contributed by atoms with Crippen LogP contribution < -0.4 is 5.31 Å². The molecule has 1 unspecified atom stereocenters. The number of amides is 1. The molecule has 4 heteroatoms. The second kappa shape index (κ2) is 6.22. The Bertz CT molecular complexity index is 165. The molecule has 11 heavy (non-hydrogen) atoms. The maximum atomic E-state index is 10.7. The molecule has 64 valence electrons. The van der Waals surface area contributed by atoms with E-state index >= 15 is 0 Å². The number of aldehydes is 1. The average Bonchev–Trinajstić information content (AvgIpc) is 2.05. The molecule has 0 bridgehead atoms. The lowest BCUT2D eigenvalue weighted by atomic mass is 10.2. The van der Waals surface area contributed by atoms with E-state index in [2.05, 4.69) is 0 Å². The van der Waals surface area contributed by atoms with Gasteiger partial charge in [-0.15, -0.1) is 0 Å². The summed E-state index contributed by atoms with van der Waals surface area (Å²) in [6.45, 7) is 1.28. The van der Waals surface area contributed by atoms with Crippen molar-refractivity contribution in [2.24, 2.45) is 0 Å². The van der Waals surface area contributed by atoms with Crippen molar-refractivity contribution in [1.29, 1.82) is 0 Å². The fourth-order valence-corrected chi connectivity index (χ4v) is 1.11. The molecule has 1 amide bonds. The molecule has 3 nitrogen and oxygen atoms in total. The Morgan fingerprint density at radius 3 is 2.91 bits per heavy atom. The molecule has 0 saturated heterocycles. The van der Waals surface area contributed by atoms with Gasteiger partial charge in [0.2, 0.25) is 5.91 Å². The van der Waals surface area contributed by atoms with Gasteiger partial charge < -0.3 is 10.1 Å². The van der Waals surface area contributed by atoms with Crippen molar-refractivity contribution in [1.82, 2.24) is 5.31 Å². The van der Waals surface area contributed by atoms with Crippen LogP contribution in [0.1, 0.15) is 13.3 Å². The molecule has 0 spiro atoms. The number of rotatable bonds is 5. The molecule has 0 aromatic heterocycles. The summed E-state index contributed by atoms with van der Waals surface area (Å²) in [4.78, 5) is 21.1. The van der Waals surface area contributed by atoms with Gasteiger partial charge in [-0.25, -0.2) is 0 Å². The van der Waals surface area contributed by atoms with Crippen LogP contribution in [0.5, 0.6) is 0 Å². The van der Waals surface area contributed by atoms with Gasteiger partial charge in [-0.05, 0) is 18.4 Å². The number of hydrogen-bond acceptors (Lipinski definition) is 3. The quantitative estimate of drug-likeness (QED) is 0.618. The van der Waals surface area contributed by atoms with Crippen LogP contribution in [-0.4, -0.2) is 30.2 Å². The molecule has 0 radical (unpaired) electrons. The van der Waals surface area contributed by atoms with E-state index in [1.807, 2.05) is 6.26 Å². The molecule has 0 rings (SSSR count). The molecule has 0 saturated carbocycles. The van der Waals surface area contributed by atoms with Gasteiger partial charge in [-0.3, -0.25) is 4.79 Å². The first-order valence-corrected chi connectivity index (χ1v) is 4.75. The lowest BCUT2D eigenvalue weighted by molar-refractivity contribution is -0.122. The van der Waals surface area contributed by atoms with Crippen molar-refractivity contribution in [3.8, 4) is 0 Å². The van der Waals surface area contributed by atoms with E-state index < -0.39 is 11.9 Å². The predicted octanol–water partition coefficient (Wildman–Crippen LogP) is 0.443. The summed E-state index contributed by atoms with van der Waals surface area (Å²) >= 11 is 1.59. The van der Waals surface area contributed by atoms with Crippen molar-refractivity contribution in [2.45, 2.75) is 19.4 Å². The maximum absolute atomic E-state index is 10.7. The number of thioether (sulfide) groups is 1. The molecule has 0 aliphatic heterocycles. The molecule has 1 N–H and O–H groups in total. The summed E-state index contributed by atoms with van der Waals surface area (Å²) in [7, 11) is 0. The summed E-state index contributed by atoms with van der Waals surface area (Å²) in [5.74, 6) is 0.389. The fraction of sp³-hybridized carbons (Fsp3) is 0.714. The van der Waals surface area contributed by atoms with E-state index in [1.54, 1.807) is 11.8 Å². The highest BCUT2D eigenvalue weighted by atomic mass is 32.2.